The summed E-state index contributed by atoms with van der Waals surface area (Å²) in [6, 6.07) is 5.64. The second-order valence-corrected chi connectivity index (χ2v) is 5.64. The molecule has 1 aromatic carbocycles. The van der Waals surface area contributed by atoms with E-state index in [1.54, 1.807) is 11.8 Å². The van der Waals surface area contributed by atoms with Gasteiger partial charge in [0.1, 0.15) is 0 Å². The number of aromatic nitrogens is 3. The maximum atomic E-state index is 5.72. The van der Waals surface area contributed by atoms with E-state index in [1.165, 1.54) is 11.3 Å². The first kappa shape index (κ1) is 11.4. The SMILES string of the molecule is Nc1ccc2nc(SCc3csc(N)n3)[nH]c2c1. The van der Waals surface area contributed by atoms with E-state index in [2.05, 4.69) is 15.0 Å². The van der Waals surface area contributed by atoms with Gasteiger partial charge in [-0.3, -0.25) is 0 Å². The molecule has 2 heterocycles. The molecule has 7 heteroatoms. The zero-order valence-electron chi connectivity index (χ0n) is 9.38. The Morgan fingerprint density at radius 1 is 1.28 bits per heavy atom. The Morgan fingerprint density at radius 3 is 2.94 bits per heavy atom. The molecule has 0 aliphatic rings. The summed E-state index contributed by atoms with van der Waals surface area (Å²) in [5.74, 6) is 0.753. The van der Waals surface area contributed by atoms with Gasteiger partial charge in [-0.2, -0.15) is 0 Å². The van der Waals surface area contributed by atoms with E-state index in [-0.39, 0.29) is 0 Å². The molecule has 18 heavy (non-hydrogen) atoms. The molecule has 0 atom stereocenters. The van der Waals surface area contributed by atoms with Crippen LogP contribution in [0, 0.1) is 0 Å². The second kappa shape index (κ2) is 4.51. The van der Waals surface area contributed by atoms with Crippen molar-refractivity contribution in [3.8, 4) is 0 Å². The van der Waals surface area contributed by atoms with E-state index < -0.39 is 0 Å². The minimum Gasteiger partial charge on any atom is -0.399 e. The maximum Gasteiger partial charge on any atom is 0.180 e. The lowest BCUT2D eigenvalue weighted by molar-refractivity contribution is 1.07. The molecular formula is C11H11N5S2. The summed E-state index contributed by atoms with van der Waals surface area (Å²) in [6.07, 6.45) is 0. The third kappa shape index (κ3) is 2.27. The number of thioether (sulfide) groups is 1. The first-order valence-electron chi connectivity index (χ1n) is 5.28. The summed E-state index contributed by atoms with van der Waals surface area (Å²) in [4.78, 5) is 11.9. The first-order valence-corrected chi connectivity index (χ1v) is 7.15. The van der Waals surface area contributed by atoms with Crippen LogP contribution in [0.1, 0.15) is 5.69 Å². The van der Waals surface area contributed by atoms with Crippen molar-refractivity contribution in [2.45, 2.75) is 10.9 Å². The van der Waals surface area contributed by atoms with Crippen LogP contribution in [0.15, 0.2) is 28.7 Å². The van der Waals surface area contributed by atoms with Gasteiger partial charge in [-0.15, -0.1) is 11.3 Å². The molecule has 0 spiro atoms. The second-order valence-electron chi connectivity index (χ2n) is 3.78. The van der Waals surface area contributed by atoms with Gasteiger partial charge < -0.3 is 16.5 Å². The lowest BCUT2D eigenvalue weighted by Crippen LogP contribution is -1.85. The normalized spacial score (nSPS) is 11.1. The van der Waals surface area contributed by atoms with Gasteiger partial charge in [0.25, 0.3) is 0 Å². The average molecular weight is 277 g/mol. The molecule has 0 unspecified atom stereocenters. The van der Waals surface area contributed by atoms with Crippen molar-refractivity contribution in [2.24, 2.45) is 0 Å². The molecule has 0 saturated heterocycles. The lowest BCUT2D eigenvalue weighted by atomic mass is 10.3. The largest absolute Gasteiger partial charge is 0.399 e. The van der Waals surface area contributed by atoms with Crippen LogP contribution in [0.3, 0.4) is 0 Å². The zero-order valence-corrected chi connectivity index (χ0v) is 11.0. The van der Waals surface area contributed by atoms with Crippen molar-refractivity contribution in [3.05, 3.63) is 29.3 Å². The van der Waals surface area contributed by atoms with Crippen molar-refractivity contribution in [1.82, 2.24) is 15.0 Å². The number of nitrogens with one attached hydrogen (secondary N) is 1. The highest BCUT2D eigenvalue weighted by molar-refractivity contribution is 7.98. The fourth-order valence-electron chi connectivity index (χ4n) is 1.60. The number of aromatic amines is 1. The van der Waals surface area contributed by atoms with Gasteiger partial charge in [0.15, 0.2) is 10.3 Å². The molecule has 0 radical (unpaired) electrons. The highest BCUT2D eigenvalue weighted by Gasteiger charge is 2.05. The number of thiazole rings is 1. The van der Waals surface area contributed by atoms with Crippen LogP contribution in [0.2, 0.25) is 0 Å². The van der Waals surface area contributed by atoms with Crippen molar-refractivity contribution in [2.75, 3.05) is 11.5 Å². The Bertz CT molecular complexity index is 688. The fourth-order valence-corrected chi connectivity index (χ4v) is 3.05. The smallest absolute Gasteiger partial charge is 0.180 e. The number of nitrogens with zero attached hydrogens (tertiary/aromatic N) is 2. The van der Waals surface area contributed by atoms with Crippen molar-refractivity contribution >= 4 is 45.0 Å². The monoisotopic (exact) mass is 277 g/mol. The van der Waals surface area contributed by atoms with Gasteiger partial charge in [0.05, 0.1) is 16.7 Å². The minimum atomic E-state index is 0.600. The highest BCUT2D eigenvalue weighted by atomic mass is 32.2. The molecule has 2 aromatic heterocycles. The summed E-state index contributed by atoms with van der Waals surface area (Å²) >= 11 is 3.05. The van der Waals surface area contributed by atoms with E-state index >= 15 is 0 Å². The summed E-state index contributed by atoms with van der Waals surface area (Å²) < 4.78 is 0. The molecule has 0 fully saturated rings. The molecule has 92 valence electrons. The van der Waals surface area contributed by atoms with E-state index in [4.69, 9.17) is 11.5 Å². The Labute approximate surface area is 112 Å². The number of rotatable bonds is 3. The third-order valence-corrected chi connectivity index (χ3v) is 4.04. The predicted octanol–water partition coefficient (Wildman–Crippen LogP) is 2.48. The quantitative estimate of drug-likeness (QED) is 0.505. The van der Waals surface area contributed by atoms with Crippen molar-refractivity contribution in [3.63, 3.8) is 0 Å². The van der Waals surface area contributed by atoms with Gasteiger partial charge in [-0.25, -0.2) is 9.97 Å². The molecule has 0 aliphatic heterocycles. The summed E-state index contributed by atoms with van der Waals surface area (Å²) in [5, 5.41) is 3.42. The molecule has 5 nitrogen and oxygen atoms in total. The van der Waals surface area contributed by atoms with E-state index in [0.717, 1.165) is 33.3 Å². The molecule has 5 N–H and O–H groups in total. The fraction of sp³-hybridized carbons (Fsp3) is 0.0909. The van der Waals surface area contributed by atoms with Gasteiger partial charge in [0, 0.05) is 16.8 Å². The summed E-state index contributed by atoms with van der Waals surface area (Å²) in [6.45, 7) is 0. The van der Waals surface area contributed by atoms with Gasteiger partial charge >= 0.3 is 0 Å². The Hall–Kier alpha value is -1.73. The number of nitrogen functional groups attached to an aromatic ring is 2. The van der Waals surface area contributed by atoms with Crippen molar-refractivity contribution < 1.29 is 0 Å². The molecule has 0 amide bonds. The molecule has 3 rings (SSSR count). The van der Waals surface area contributed by atoms with E-state index in [0.29, 0.717) is 5.13 Å². The molecule has 0 aliphatic carbocycles. The summed E-state index contributed by atoms with van der Waals surface area (Å²) in [5.41, 5.74) is 14.9. The average Bonchev–Trinajstić information content (AvgIpc) is 2.92. The Kier molecular flexibility index (Phi) is 2.85. The minimum absolute atomic E-state index is 0.600. The van der Waals surface area contributed by atoms with Crippen LogP contribution in [0.5, 0.6) is 0 Å². The van der Waals surface area contributed by atoms with Crippen molar-refractivity contribution in [1.29, 1.82) is 0 Å². The van der Waals surface area contributed by atoms with E-state index in [9.17, 15) is 0 Å². The summed E-state index contributed by atoms with van der Waals surface area (Å²) in [7, 11) is 0. The highest BCUT2D eigenvalue weighted by Crippen LogP contribution is 2.25. The predicted molar refractivity (Wildman–Crippen MR) is 76.6 cm³/mol. The zero-order chi connectivity index (χ0) is 12.5. The topological polar surface area (TPSA) is 93.6 Å². The van der Waals surface area contributed by atoms with Crippen LogP contribution in [0.25, 0.3) is 11.0 Å². The van der Waals surface area contributed by atoms with Crippen LogP contribution < -0.4 is 11.5 Å². The van der Waals surface area contributed by atoms with Crippen LogP contribution in [-0.2, 0) is 5.75 Å². The standard InChI is InChI=1S/C11H11N5S2/c12-6-1-2-8-9(3-6)16-11(15-8)18-5-7-4-17-10(13)14-7/h1-4H,5,12H2,(H2,13,14)(H,15,16). The first-order chi connectivity index (χ1) is 8.70. The van der Waals surface area contributed by atoms with Crippen LogP contribution in [-0.4, -0.2) is 15.0 Å². The van der Waals surface area contributed by atoms with E-state index in [1.807, 2.05) is 23.6 Å². The van der Waals surface area contributed by atoms with Gasteiger partial charge in [0.2, 0.25) is 0 Å². The number of nitrogens with two attached hydrogens (primary N) is 2. The number of hydrogen-bond acceptors (Lipinski definition) is 6. The molecule has 0 bridgehead atoms. The number of anilines is 2. The maximum absolute atomic E-state index is 5.72. The number of imidazole rings is 1. The lowest BCUT2D eigenvalue weighted by Gasteiger charge is -1.92. The van der Waals surface area contributed by atoms with Gasteiger partial charge in [-0.05, 0) is 18.2 Å². The Balaban J connectivity index is 1.78. The number of hydrogen-bond donors (Lipinski definition) is 3. The number of H-pyrrole nitrogens is 1. The van der Waals surface area contributed by atoms with Crippen LogP contribution in [0.4, 0.5) is 10.8 Å². The van der Waals surface area contributed by atoms with Crippen LogP contribution >= 0.6 is 23.1 Å². The van der Waals surface area contributed by atoms with Gasteiger partial charge in [-0.1, -0.05) is 11.8 Å². The third-order valence-electron chi connectivity index (χ3n) is 2.41. The molecule has 0 saturated carbocycles. The molecule has 3 aromatic rings. The number of benzene rings is 1. The Morgan fingerprint density at radius 2 is 2.17 bits per heavy atom. The molecular weight excluding hydrogens is 266 g/mol. The number of fused-ring (bicyclic) bond motifs is 1.